The summed E-state index contributed by atoms with van der Waals surface area (Å²) in [5, 5.41) is 0. The van der Waals surface area contributed by atoms with E-state index in [0.717, 1.165) is 22.6 Å². The molecule has 0 fully saturated rings. The van der Waals surface area contributed by atoms with Crippen LogP contribution in [0.5, 0.6) is 11.5 Å². The molecule has 0 saturated carbocycles. The fourth-order valence-electron chi connectivity index (χ4n) is 4.10. The molecule has 0 heterocycles. The maximum Gasteiger partial charge on any atom is 0.463 e. The molecule has 0 aliphatic carbocycles. The normalized spacial score (nSPS) is 13.0. The average molecular weight is 710 g/mol. The van der Waals surface area contributed by atoms with E-state index in [2.05, 4.69) is 121 Å². The maximum absolute atomic E-state index is 6.66. The molecule has 0 amide bonds. The van der Waals surface area contributed by atoms with Crippen LogP contribution in [0.3, 0.4) is 0 Å². The van der Waals surface area contributed by atoms with Crippen LogP contribution in [0.4, 0.5) is 0 Å². The van der Waals surface area contributed by atoms with Gasteiger partial charge in [0.05, 0.1) is 6.61 Å². The van der Waals surface area contributed by atoms with E-state index in [1.165, 1.54) is 22.3 Å². The Bertz CT molecular complexity index is 980. The molecule has 0 aliphatic rings. The molecule has 0 bridgehead atoms. The molecule has 37 heavy (non-hydrogen) atoms. The van der Waals surface area contributed by atoms with E-state index in [9.17, 15) is 0 Å². The maximum atomic E-state index is 6.66. The van der Waals surface area contributed by atoms with E-state index in [-0.39, 0.29) is 42.7 Å². The molecular weight excluding hydrogens is 658 g/mol. The van der Waals surface area contributed by atoms with Crippen molar-refractivity contribution in [1.82, 2.24) is 0 Å². The summed E-state index contributed by atoms with van der Waals surface area (Å²) in [5.41, 5.74) is 7.13. The fourth-order valence-corrected chi connectivity index (χ4v) is 5.23. The Balaban J connectivity index is 0.00000684. The van der Waals surface area contributed by atoms with Gasteiger partial charge in [-0.25, -0.2) is 0 Å². The third kappa shape index (κ3) is 8.81. The standard InChI is InChI=1S/C32H51O3P.Pt/c1-16-33-36(34-27-21(2)17-23(29(4,5)6)19-25(27)31(10,11)12)35-28-22(3)18-24(30(7,8)9)20-26(28)32(13,14)15;/h17-20H,16H2,1-15H3;. The smallest absolute Gasteiger partial charge is 0.417 e. The Morgan fingerprint density at radius 2 is 0.892 bits per heavy atom. The van der Waals surface area contributed by atoms with Gasteiger partial charge in [-0.15, -0.1) is 0 Å². The molecule has 2 aromatic carbocycles. The van der Waals surface area contributed by atoms with E-state index in [0.29, 0.717) is 6.61 Å². The second-order valence-electron chi connectivity index (χ2n) is 14.2. The molecule has 2 rings (SSSR count). The zero-order valence-corrected chi connectivity index (χ0v) is 29.2. The van der Waals surface area contributed by atoms with Gasteiger partial charge in [0, 0.05) is 32.2 Å². The number of hydrogen-bond donors (Lipinski definition) is 0. The SMILES string of the molecule is CCOP(Oc1c(C)cc(C(C)(C)C)cc1C(C)(C)C)Oc1c(C)cc(C(C)(C)C)cc1C(C)(C)C.[Pt]. The average Bonchev–Trinajstić information content (AvgIpc) is 2.67. The molecule has 0 radical (unpaired) electrons. The van der Waals surface area contributed by atoms with Crippen LogP contribution in [-0.2, 0) is 47.2 Å². The first-order valence-electron chi connectivity index (χ1n) is 13.3. The van der Waals surface area contributed by atoms with Gasteiger partial charge in [-0.1, -0.05) is 107 Å². The summed E-state index contributed by atoms with van der Waals surface area (Å²) < 4.78 is 19.4. The van der Waals surface area contributed by atoms with Crippen LogP contribution in [0.1, 0.15) is 123 Å². The van der Waals surface area contributed by atoms with Gasteiger partial charge in [-0.2, -0.15) is 0 Å². The van der Waals surface area contributed by atoms with Crippen molar-refractivity contribution in [1.29, 1.82) is 0 Å². The minimum atomic E-state index is -1.65. The number of hydrogen-bond acceptors (Lipinski definition) is 3. The van der Waals surface area contributed by atoms with Crippen LogP contribution < -0.4 is 9.05 Å². The van der Waals surface area contributed by atoms with Gasteiger partial charge in [0.2, 0.25) is 0 Å². The Morgan fingerprint density at radius 1 is 0.568 bits per heavy atom. The van der Waals surface area contributed by atoms with Crippen molar-refractivity contribution in [3.63, 3.8) is 0 Å². The van der Waals surface area contributed by atoms with Crippen LogP contribution in [0.15, 0.2) is 24.3 Å². The second-order valence-corrected chi connectivity index (χ2v) is 15.2. The topological polar surface area (TPSA) is 27.7 Å². The van der Waals surface area contributed by atoms with E-state index in [1.54, 1.807) is 0 Å². The summed E-state index contributed by atoms with van der Waals surface area (Å²) in [6.45, 7) is 33.7. The summed E-state index contributed by atoms with van der Waals surface area (Å²) in [5.74, 6) is 1.74. The predicted molar refractivity (Wildman–Crippen MR) is 157 cm³/mol. The van der Waals surface area contributed by atoms with Crippen LogP contribution in [0, 0.1) is 13.8 Å². The number of rotatable bonds is 6. The van der Waals surface area contributed by atoms with Gasteiger partial charge in [-0.3, -0.25) is 4.52 Å². The van der Waals surface area contributed by atoms with Crippen molar-refractivity contribution in [3.05, 3.63) is 57.6 Å². The number of benzene rings is 2. The fraction of sp³-hybridized carbons (Fsp3) is 0.625. The van der Waals surface area contributed by atoms with Gasteiger partial charge in [0.1, 0.15) is 11.5 Å². The molecule has 0 aromatic heterocycles. The van der Waals surface area contributed by atoms with Crippen molar-refractivity contribution in [2.45, 2.75) is 126 Å². The Morgan fingerprint density at radius 3 is 1.14 bits per heavy atom. The first-order valence-corrected chi connectivity index (χ1v) is 14.4. The molecule has 0 N–H and O–H groups in total. The molecule has 0 aliphatic heterocycles. The first-order chi connectivity index (χ1) is 16.2. The van der Waals surface area contributed by atoms with Crippen molar-refractivity contribution in [2.75, 3.05) is 6.61 Å². The molecule has 5 heteroatoms. The molecule has 212 valence electrons. The van der Waals surface area contributed by atoms with Gasteiger partial charge >= 0.3 is 8.60 Å². The monoisotopic (exact) mass is 709 g/mol. The summed E-state index contributed by atoms with van der Waals surface area (Å²) >= 11 is 0. The van der Waals surface area contributed by atoms with Crippen molar-refractivity contribution < 1.29 is 34.6 Å². The zero-order chi connectivity index (χ0) is 27.9. The third-order valence-corrected chi connectivity index (χ3v) is 7.60. The predicted octanol–water partition coefficient (Wildman–Crippen LogP) is 10.2. The summed E-state index contributed by atoms with van der Waals surface area (Å²) in [6.07, 6.45) is 0. The van der Waals surface area contributed by atoms with E-state index in [1.807, 2.05) is 6.92 Å². The minimum Gasteiger partial charge on any atom is -0.417 e. The van der Waals surface area contributed by atoms with Crippen molar-refractivity contribution in [3.8, 4) is 11.5 Å². The van der Waals surface area contributed by atoms with Crippen molar-refractivity contribution in [2.24, 2.45) is 0 Å². The van der Waals surface area contributed by atoms with Crippen LogP contribution in [-0.4, -0.2) is 6.61 Å². The summed E-state index contributed by atoms with van der Waals surface area (Å²) in [6, 6.07) is 9.08. The van der Waals surface area contributed by atoms with Gasteiger partial charge < -0.3 is 9.05 Å². The van der Waals surface area contributed by atoms with Gasteiger partial charge in [-0.05, 0) is 64.7 Å². The largest absolute Gasteiger partial charge is 0.463 e. The Hall–Kier alpha value is -0.882. The molecule has 0 saturated heterocycles. The molecule has 3 nitrogen and oxygen atoms in total. The third-order valence-electron chi connectivity index (χ3n) is 6.46. The quantitative estimate of drug-likeness (QED) is 0.280. The first kappa shape index (κ1) is 34.1. The zero-order valence-electron chi connectivity index (χ0n) is 26.0. The van der Waals surface area contributed by atoms with Crippen LogP contribution >= 0.6 is 8.60 Å². The molecular formula is C32H51O3PPt. The van der Waals surface area contributed by atoms with Gasteiger partial charge in [0.25, 0.3) is 0 Å². The van der Waals surface area contributed by atoms with Crippen LogP contribution in [0.2, 0.25) is 0 Å². The van der Waals surface area contributed by atoms with E-state index >= 15 is 0 Å². The Labute approximate surface area is 243 Å². The van der Waals surface area contributed by atoms with Crippen molar-refractivity contribution >= 4 is 8.60 Å². The summed E-state index contributed by atoms with van der Waals surface area (Å²) in [7, 11) is -1.65. The molecule has 0 atom stereocenters. The van der Waals surface area contributed by atoms with E-state index in [4.69, 9.17) is 13.6 Å². The second kappa shape index (κ2) is 12.1. The van der Waals surface area contributed by atoms with E-state index < -0.39 is 8.60 Å². The summed E-state index contributed by atoms with van der Waals surface area (Å²) in [4.78, 5) is 0. The minimum absolute atomic E-state index is 0. The Kier molecular flexibility index (Phi) is 11.2. The van der Waals surface area contributed by atoms with Gasteiger partial charge in [0.15, 0.2) is 0 Å². The molecule has 0 unspecified atom stereocenters. The molecule has 2 aromatic rings. The van der Waals surface area contributed by atoms with Crippen LogP contribution in [0.25, 0.3) is 0 Å². The molecule has 0 spiro atoms. The number of aryl methyl sites for hydroxylation is 2.